The van der Waals surface area contributed by atoms with Crippen molar-refractivity contribution < 1.29 is 27.7 Å². The van der Waals surface area contributed by atoms with E-state index < -0.39 is 6.08 Å². The van der Waals surface area contributed by atoms with Crippen molar-refractivity contribution in [3.63, 3.8) is 0 Å². The van der Waals surface area contributed by atoms with Crippen LogP contribution in [0.15, 0.2) is 42.5 Å². The first-order chi connectivity index (χ1) is 11.5. The van der Waals surface area contributed by atoms with Crippen LogP contribution in [-0.2, 0) is 0 Å². The van der Waals surface area contributed by atoms with Crippen molar-refractivity contribution in [3.8, 4) is 23.0 Å². The molecule has 2 rings (SSSR count). The standard InChI is InChI=1S/C18H18F2O4/c1-21-13-7-5-11(6-8-13)16(18(19)20)12-9-14(22-2)17(24-4)15(10-12)23-3/h5-10H,1-4H3. The van der Waals surface area contributed by atoms with Gasteiger partial charge in [0.05, 0.1) is 34.0 Å². The Morgan fingerprint density at radius 3 is 1.62 bits per heavy atom. The monoisotopic (exact) mass is 336 g/mol. The van der Waals surface area contributed by atoms with Gasteiger partial charge in [-0.05, 0) is 35.4 Å². The number of ether oxygens (including phenoxy) is 4. The number of halogens is 2. The quantitative estimate of drug-likeness (QED) is 0.785. The van der Waals surface area contributed by atoms with Crippen LogP contribution in [0.25, 0.3) is 5.57 Å². The maximum Gasteiger partial charge on any atom is 0.278 e. The molecule has 6 heteroatoms. The lowest BCUT2D eigenvalue weighted by molar-refractivity contribution is 0.324. The van der Waals surface area contributed by atoms with Crippen LogP contribution in [0.3, 0.4) is 0 Å². The average molecular weight is 336 g/mol. The van der Waals surface area contributed by atoms with E-state index in [9.17, 15) is 8.78 Å². The molecule has 2 aromatic rings. The largest absolute Gasteiger partial charge is 0.497 e. The predicted molar refractivity (Wildman–Crippen MR) is 87.3 cm³/mol. The molecule has 2 aromatic carbocycles. The van der Waals surface area contributed by atoms with Crippen LogP contribution < -0.4 is 18.9 Å². The summed E-state index contributed by atoms with van der Waals surface area (Å²) in [5, 5.41) is 0. The fourth-order valence-corrected chi connectivity index (χ4v) is 2.37. The SMILES string of the molecule is COc1ccc(C(=C(F)F)c2cc(OC)c(OC)c(OC)c2)cc1. The van der Waals surface area contributed by atoms with Crippen LogP contribution >= 0.6 is 0 Å². The average Bonchev–Trinajstić information content (AvgIpc) is 2.61. The zero-order valence-corrected chi connectivity index (χ0v) is 13.9. The highest BCUT2D eigenvalue weighted by atomic mass is 19.3. The van der Waals surface area contributed by atoms with Crippen molar-refractivity contribution in [1.29, 1.82) is 0 Å². The maximum absolute atomic E-state index is 13.6. The molecule has 24 heavy (non-hydrogen) atoms. The summed E-state index contributed by atoms with van der Waals surface area (Å²) in [6, 6.07) is 9.35. The fourth-order valence-electron chi connectivity index (χ4n) is 2.37. The Bertz CT molecular complexity index is 710. The minimum absolute atomic E-state index is 0.211. The van der Waals surface area contributed by atoms with Gasteiger partial charge in [0.2, 0.25) is 5.75 Å². The number of hydrogen-bond donors (Lipinski definition) is 0. The van der Waals surface area contributed by atoms with Crippen LogP contribution in [0.4, 0.5) is 8.78 Å². The smallest absolute Gasteiger partial charge is 0.278 e. The van der Waals surface area contributed by atoms with Crippen molar-refractivity contribution in [2.24, 2.45) is 0 Å². The summed E-state index contributed by atoms with van der Waals surface area (Å²) >= 11 is 0. The minimum atomic E-state index is -1.81. The lowest BCUT2D eigenvalue weighted by Crippen LogP contribution is -1.98. The Labute approximate surface area is 139 Å². The lowest BCUT2D eigenvalue weighted by Gasteiger charge is -2.15. The Kier molecular flexibility index (Phi) is 5.63. The van der Waals surface area contributed by atoms with Crippen LogP contribution in [0, 0.1) is 0 Å². The Morgan fingerprint density at radius 2 is 1.25 bits per heavy atom. The van der Waals surface area contributed by atoms with Crippen LogP contribution in [-0.4, -0.2) is 28.4 Å². The molecule has 0 saturated carbocycles. The van der Waals surface area contributed by atoms with Crippen molar-refractivity contribution in [2.75, 3.05) is 28.4 Å². The van der Waals surface area contributed by atoms with Gasteiger partial charge in [-0.2, -0.15) is 8.78 Å². The molecule has 0 saturated heterocycles. The molecule has 0 spiro atoms. The van der Waals surface area contributed by atoms with Crippen LogP contribution in [0.5, 0.6) is 23.0 Å². The third-order valence-electron chi connectivity index (χ3n) is 3.52. The molecule has 0 aliphatic heterocycles. The van der Waals surface area contributed by atoms with E-state index in [1.54, 1.807) is 24.3 Å². The molecule has 0 atom stereocenters. The summed E-state index contributed by atoms with van der Waals surface area (Å²) in [6.45, 7) is 0. The molecule has 0 bridgehead atoms. The van der Waals surface area contributed by atoms with E-state index in [2.05, 4.69) is 0 Å². The zero-order valence-electron chi connectivity index (χ0n) is 13.9. The molecule has 0 heterocycles. The van der Waals surface area contributed by atoms with Crippen molar-refractivity contribution >= 4 is 5.57 Å². The Hall–Kier alpha value is -2.76. The van der Waals surface area contributed by atoms with Gasteiger partial charge in [-0.3, -0.25) is 0 Å². The second-order valence-corrected chi connectivity index (χ2v) is 4.78. The van der Waals surface area contributed by atoms with E-state index in [0.29, 0.717) is 28.6 Å². The first-order valence-corrected chi connectivity index (χ1v) is 7.05. The molecule has 0 N–H and O–H groups in total. The summed E-state index contributed by atoms with van der Waals surface area (Å²) < 4.78 is 48.0. The highest BCUT2D eigenvalue weighted by Gasteiger charge is 2.19. The molecule has 0 amide bonds. The normalized spacial score (nSPS) is 10.1. The van der Waals surface area contributed by atoms with Crippen molar-refractivity contribution in [2.45, 2.75) is 0 Å². The third kappa shape index (κ3) is 3.42. The summed E-state index contributed by atoms with van der Waals surface area (Å²) in [6.07, 6.45) is -1.81. The number of hydrogen-bond acceptors (Lipinski definition) is 4. The molecule has 0 aromatic heterocycles. The number of methoxy groups -OCH3 is 4. The molecule has 128 valence electrons. The number of benzene rings is 2. The summed E-state index contributed by atoms with van der Waals surface area (Å²) in [5.41, 5.74) is 0.400. The summed E-state index contributed by atoms with van der Waals surface area (Å²) in [7, 11) is 5.84. The molecule has 0 aliphatic rings. The van der Waals surface area contributed by atoms with E-state index in [1.807, 2.05) is 0 Å². The predicted octanol–water partition coefficient (Wildman–Crippen LogP) is 4.38. The van der Waals surface area contributed by atoms with Gasteiger partial charge >= 0.3 is 0 Å². The van der Waals surface area contributed by atoms with Gasteiger partial charge in [0.1, 0.15) is 5.75 Å². The summed E-state index contributed by atoms with van der Waals surface area (Å²) in [5.74, 6) is 1.54. The van der Waals surface area contributed by atoms with E-state index in [0.717, 1.165) is 0 Å². The first kappa shape index (κ1) is 17.6. The van der Waals surface area contributed by atoms with E-state index in [1.165, 1.54) is 40.6 Å². The van der Waals surface area contributed by atoms with Gasteiger partial charge < -0.3 is 18.9 Å². The molecule has 4 nitrogen and oxygen atoms in total. The molecule has 0 fully saturated rings. The van der Waals surface area contributed by atoms with E-state index >= 15 is 0 Å². The van der Waals surface area contributed by atoms with Gasteiger partial charge in [0.25, 0.3) is 6.08 Å². The Morgan fingerprint density at radius 1 is 0.708 bits per heavy atom. The fraction of sp³-hybridized carbons (Fsp3) is 0.222. The van der Waals surface area contributed by atoms with Gasteiger partial charge in [0.15, 0.2) is 11.5 Å². The van der Waals surface area contributed by atoms with E-state index in [-0.39, 0.29) is 11.1 Å². The van der Waals surface area contributed by atoms with E-state index in [4.69, 9.17) is 18.9 Å². The molecular formula is C18H18F2O4. The molecule has 0 aliphatic carbocycles. The molecule has 0 radical (unpaired) electrons. The highest BCUT2D eigenvalue weighted by molar-refractivity contribution is 5.82. The molecule has 0 unspecified atom stereocenters. The lowest BCUT2D eigenvalue weighted by atomic mass is 9.98. The zero-order chi connectivity index (χ0) is 17.7. The molecular weight excluding hydrogens is 318 g/mol. The minimum Gasteiger partial charge on any atom is -0.497 e. The summed E-state index contributed by atoms with van der Waals surface area (Å²) in [4.78, 5) is 0. The van der Waals surface area contributed by atoms with Crippen molar-refractivity contribution in [3.05, 3.63) is 53.6 Å². The van der Waals surface area contributed by atoms with Gasteiger partial charge in [-0.25, -0.2) is 0 Å². The second-order valence-electron chi connectivity index (χ2n) is 4.78. The van der Waals surface area contributed by atoms with Gasteiger partial charge in [0, 0.05) is 0 Å². The van der Waals surface area contributed by atoms with Crippen molar-refractivity contribution in [1.82, 2.24) is 0 Å². The topological polar surface area (TPSA) is 36.9 Å². The van der Waals surface area contributed by atoms with Gasteiger partial charge in [-0.15, -0.1) is 0 Å². The maximum atomic E-state index is 13.6. The second kappa shape index (κ2) is 7.68. The van der Waals surface area contributed by atoms with Gasteiger partial charge in [-0.1, -0.05) is 12.1 Å². The van der Waals surface area contributed by atoms with Crippen LogP contribution in [0.1, 0.15) is 11.1 Å². The Balaban J connectivity index is 2.62. The highest BCUT2D eigenvalue weighted by Crippen LogP contribution is 2.42. The van der Waals surface area contributed by atoms with Crippen LogP contribution in [0.2, 0.25) is 0 Å². The first-order valence-electron chi connectivity index (χ1n) is 7.05. The number of rotatable bonds is 6. The third-order valence-corrected chi connectivity index (χ3v) is 3.52.